The Hall–Kier alpha value is -3.95. The van der Waals surface area contributed by atoms with Crippen LogP contribution in [0.5, 0.6) is 0 Å². The third kappa shape index (κ3) is 2.62. The average Bonchev–Trinajstić information content (AvgIpc) is 3.46. The number of fused-ring (bicyclic) bond motifs is 6. The van der Waals surface area contributed by atoms with Gasteiger partial charge < -0.3 is 4.42 Å². The van der Waals surface area contributed by atoms with Crippen molar-refractivity contribution in [3.05, 3.63) is 103 Å². The van der Waals surface area contributed by atoms with E-state index >= 15 is 0 Å². The van der Waals surface area contributed by atoms with Gasteiger partial charge in [-0.2, -0.15) is 0 Å². The lowest BCUT2D eigenvalue weighted by Gasteiger charge is -2.06. The highest BCUT2D eigenvalue weighted by Gasteiger charge is 2.13. The van der Waals surface area contributed by atoms with Gasteiger partial charge in [0.25, 0.3) is 0 Å². The van der Waals surface area contributed by atoms with E-state index in [4.69, 9.17) is 9.40 Å². The number of nitrogens with zero attached hydrogens (tertiary/aromatic N) is 1. The average molecular weight is 428 g/mol. The molecule has 150 valence electrons. The summed E-state index contributed by atoms with van der Waals surface area (Å²) < 4.78 is 8.72. The van der Waals surface area contributed by atoms with Crippen molar-refractivity contribution in [1.82, 2.24) is 4.98 Å². The molecule has 3 heteroatoms. The van der Waals surface area contributed by atoms with E-state index in [0.717, 1.165) is 22.0 Å². The van der Waals surface area contributed by atoms with Crippen LogP contribution in [0.3, 0.4) is 0 Å². The van der Waals surface area contributed by atoms with Gasteiger partial charge in [0.1, 0.15) is 5.52 Å². The van der Waals surface area contributed by atoms with Crippen molar-refractivity contribution in [3.8, 4) is 22.6 Å². The van der Waals surface area contributed by atoms with Gasteiger partial charge in [-0.1, -0.05) is 72.8 Å². The van der Waals surface area contributed by atoms with Gasteiger partial charge >= 0.3 is 0 Å². The van der Waals surface area contributed by atoms with Gasteiger partial charge in [-0.3, -0.25) is 0 Å². The Morgan fingerprint density at radius 2 is 1.47 bits per heavy atom. The molecule has 0 saturated heterocycles. The first-order valence-corrected chi connectivity index (χ1v) is 11.5. The molecule has 0 aliphatic rings. The molecule has 0 amide bonds. The first-order valence-electron chi connectivity index (χ1n) is 10.6. The highest BCUT2D eigenvalue weighted by atomic mass is 32.1. The van der Waals surface area contributed by atoms with Crippen LogP contribution >= 0.6 is 11.3 Å². The summed E-state index contributed by atoms with van der Waals surface area (Å²) in [5, 5.41) is 4.93. The second-order valence-electron chi connectivity index (χ2n) is 8.01. The first-order chi connectivity index (χ1) is 15.8. The number of aromatic nitrogens is 1. The molecule has 0 bridgehead atoms. The Bertz CT molecular complexity index is 1780. The largest absolute Gasteiger partial charge is 0.436 e. The quantitative estimate of drug-likeness (QED) is 0.276. The number of hydrogen-bond donors (Lipinski definition) is 0. The number of hydrogen-bond acceptors (Lipinski definition) is 3. The van der Waals surface area contributed by atoms with Gasteiger partial charge in [0, 0.05) is 31.1 Å². The fourth-order valence-electron chi connectivity index (χ4n) is 4.57. The Morgan fingerprint density at radius 3 is 2.41 bits per heavy atom. The van der Waals surface area contributed by atoms with Gasteiger partial charge in [0.15, 0.2) is 5.58 Å². The van der Waals surface area contributed by atoms with Crippen molar-refractivity contribution in [2.75, 3.05) is 0 Å². The summed E-state index contributed by atoms with van der Waals surface area (Å²) in [6.07, 6.45) is 0. The van der Waals surface area contributed by atoms with Crippen molar-refractivity contribution in [2.45, 2.75) is 0 Å². The zero-order valence-corrected chi connectivity index (χ0v) is 17.9. The van der Waals surface area contributed by atoms with Crippen LogP contribution < -0.4 is 0 Å². The molecule has 5 aromatic carbocycles. The molecule has 7 rings (SSSR count). The number of rotatable bonds is 2. The molecule has 0 fully saturated rings. The van der Waals surface area contributed by atoms with Gasteiger partial charge in [-0.05, 0) is 46.8 Å². The van der Waals surface area contributed by atoms with Crippen LogP contribution in [0.15, 0.2) is 108 Å². The fourth-order valence-corrected chi connectivity index (χ4v) is 5.80. The number of thiophene rings is 1. The van der Waals surface area contributed by atoms with Crippen molar-refractivity contribution in [1.29, 1.82) is 0 Å². The van der Waals surface area contributed by atoms with Crippen molar-refractivity contribution < 1.29 is 4.42 Å². The molecule has 0 spiro atoms. The summed E-state index contributed by atoms with van der Waals surface area (Å²) in [7, 11) is 0. The van der Waals surface area contributed by atoms with Crippen molar-refractivity contribution in [3.63, 3.8) is 0 Å². The van der Waals surface area contributed by atoms with E-state index in [1.807, 2.05) is 47.7 Å². The lowest BCUT2D eigenvalue weighted by atomic mass is 9.99. The molecule has 0 aliphatic heterocycles. The Morgan fingerprint density at radius 1 is 0.625 bits per heavy atom. The summed E-state index contributed by atoms with van der Waals surface area (Å²) in [4.78, 5) is 4.83. The van der Waals surface area contributed by atoms with Crippen molar-refractivity contribution >= 4 is 53.4 Å². The SMILES string of the molecule is c1ccc(-c2nc3c(ccc4cc(-c5cccc6c5sc5ccccc56)ccc43)o2)cc1. The minimum atomic E-state index is 0.659. The normalized spacial score (nSPS) is 11.8. The summed E-state index contributed by atoms with van der Waals surface area (Å²) in [6.45, 7) is 0. The second-order valence-corrected chi connectivity index (χ2v) is 9.07. The second kappa shape index (κ2) is 6.78. The van der Waals surface area contributed by atoms with Crippen LogP contribution in [0.2, 0.25) is 0 Å². The standard InChI is InChI=1S/C29H17NOS/c1-2-7-18(8-3-1)29-30-27-21-15-13-20(17-19(21)14-16-25(27)31-29)22-10-6-11-24-23-9-4-5-12-26(23)32-28(22)24/h1-17H. The lowest BCUT2D eigenvalue weighted by molar-refractivity contribution is 0.620. The molecule has 2 aromatic heterocycles. The predicted octanol–water partition coefficient (Wildman–Crippen LogP) is 8.68. The highest BCUT2D eigenvalue weighted by Crippen LogP contribution is 2.40. The molecular weight excluding hydrogens is 410 g/mol. The molecule has 0 atom stereocenters. The molecular formula is C29H17NOS. The van der Waals surface area contributed by atoms with E-state index in [-0.39, 0.29) is 0 Å². The summed E-state index contributed by atoms with van der Waals surface area (Å²) in [6, 6.07) is 36.1. The lowest BCUT2D eigenvalue weighted by Crippen LogP contribution is -1.81. The molecule has 0 N–H and O–H groups in total. The van der Waals surface area contributed by atoms with Crippen LogP contribution in [-0.4, -0.2) is 4.98 Å². The zero-order chi connectivity index (χ0) is 21.1. The molecule has 2 nitrogen and oxygen atoms in total. The maximum atomic E-state index is 6.06. The third-order valence-corrected chi connectivity index (χ3v) is 7.33. The smallest absolute Gasteiger partial charge is 0.227 e. The molecule has 0 radical (unpaired) electrons. The molecule has 0 saturated carbocycles. The summed E-state index contributed by atoms with van der Waals surface area (Å²) in [5.74, 6) is 0.659. The summed E-state index contributed by atoms with van der Waals surface area (Å²) >= 11 is 1.86. The number of benzene rings is 5. The maximum absolute atomic E-state index is 6.06. The highest BCUT2D eigenvalue weighted by molar-refractivity contribution is 7.26. The van der Waals surface area contributed by atoms with E-state index in [0.29, 0.717) is 5.89 Å². The van der Waals surface area contributed by atoms with Crippen LogP contribution in [0.25, 0.3) is 64.6 Å². The van der Waals surface area contributed by atoms with E-state index in [9.17, 15) is 0 Å². The maximum Gasteiger partial charge on any atom is 0.227 e. The number of oxazole rings is 1. The molecule has 32 heavy (non-hydrogen) atoms. The van der Waals surface area contributed by atoms with Crippen LogP contribution in [0.1, 0.15) is 0 Å². The fraction of sp³-hybridized carbons (Fsp3) is 0. The summed E-state index contributed by atoms with van der Waals surface area (Å²) in [5.41, 5.74) is 5.21. The topological polar surface area (TPSA) is 26.0 Å². The van der Waals surface area contributed by atoms with E-state index in [1.54, 1.807) is 0 Å². The molecule has 0 aliphatic carbocycles. The van der Waals surface area contributed by atoms with Gasteiger partial charge in [-0.15, -0.1) is 11.3 Å². The minimum absolute atomic E-state index is 0.659. The Balaban J connectivity index is 1.42. The van der Waals surface area contributed by atoms with E-state index in [2.05, 4.69) is 66.7 Å². The Labute approximate surface area is 188 Å². The third-order valence-electron chi connectivity index (χ3n) is 6.11. The predicted molar refractivity (Wildman–Crippen MR) is 135 cm³/mol. The van der Waals surface area contributed by atoms with Crippen LogP contribution in [0, 0.1) is 0 Å². The van der Waals surface area contributed by atoms with Crippen LogP contribution in [0.4, 0.5) is 0 Å². The van der Waals surface area contributed by atoms with Crippen molar-refractivity contribution in [2.24, 2.45) is 0 Å². The molecule has 2 heterocycles. The van der Waals surface area contributed by atoms with E-state index < -0.39 is 0 Å². The van der Waals surface area contributed by atoms with Crippen LogP contribution in [-0.2, 0) is 0 Å². The Kier molecular flexibility index (Phi) is 3.75. The first kappa shape index (κ1) is 17.7. The van der Waals surface area contributed by atoms with Gasteiger partial charge in [0.05, 0.1) is 0 Å². The van der Waals surface area contributed by atoms with E-state index in [1.165, 1.54) is 36.7 Å². The molecule has 7 aromatic rings. The zero-order valence-electron chi connectivity index (χ0n) is 17.1. The van der Waals surface area contributed by atoms with Gasteiger partial charge in [0.2, 0.25) is 5.89 Å². The monoisotopic (exact) mass is 427 g/mol. The molecule has 0 unspecified atom stereocenters. The minimum Gasteiger partial charge on any atom is -0.436 e. The van der Waals surface area contributed by atoms with Gasteiger partial charge in [-0.25, -0.2) is 4.98 Å².